The molecule has 1 radical (unpaired) electrons. The van der Waals surface area contributed by atoms with Crippen molar-refractivity contribution in [3.05, 3.63) is 29.3 Å². The molecule has 0 spiro atoms. The van der Waals surface area contributed by atoms with Gasteiger partial charge in [0.1, 0.15) is 0 Å². The molecular weight excluding hydrogens is 145 g/mol. The van der Waals surface area contributed by atoms with Gasteiger partial charge in [0.25, 0.3) is 0 Å². The highest BCUT2D eigenvalue weighted by molar-refractivity contribution is 6.57. The molecule has 0 aliphatic rings. The number of nitrogens with zero attached hydrogens (tertiary/aromatic N) is 1. The van der Waals surface area contributed by atoms with E-state index in [0.29, 0.717) is 6.85 Å². The van der Waals surface area contributed by atoms with Crippen LogP contribution in [0.5, 0.6) is 0 Å². The lowest BCUT2D eigenvalue weighted by Gasteiger charge is -2.17. The maximum atomic E-state index is 4.05. The normalized spacial score (nSPS) is 11.2. The summed E-state index contributed by atoms with van der Waals surface area (Å²) < 4.78 is 2.30. The third kappa shape index (κ3) is 1.15. The zero-order valence-corrected chi connectivity index (χ0v) is 8.73. The van der Waals surface area contributed by atoms with Crippen LogP contribution in [0.1, 0.15) is 22.5 Å². The Labute approximate surface area is 75.9 Å². The van der Waals surface area contributed by atoms with Crippen LogP contribution in [0, 0.1) is 34.5 Å². The molecule has 0 amide bonds. The second-order valence-electron chi connectivity index (χ2n) is 3.64. The van der Waals surface area contributed by atoms with E-state index in [1.807, 2.05) is 0 Å². The molecule has 0 atom stereocenters. The molecule has 0 N–H and O–H groups in total. The van der Waals surface area contributed by atoms with Gasteiger partial charge in [0.05, 0.1) is 0 Å². The van der Waals surface area contributed by atoms with Crippen LogP contribution in [-0.2, 0) is 0 Å². The quantitative estimate of drug-likeness (QED) is 0.441. The molecule has 0 unspecified atom stereocenters. The first-order valence-corrected chi connectivity index (χ1v) is 4.44. The maximum Gasteiger partial charge on any atom is 0.213 e. The fourth-order valence-electron chi connectivity index (χ4n) is 1.82. The van der Waals surface area contributed by atoms with Gasteiger partial charge in [0, 0.05) is 0 Å². The van der Waals surface area contributed by atoms with E-state index in [0.717, 1.165) is 0 Å². The summed E-state index contributed by atoms with van der Waals surface area (Å²) in [6.07, 6.45) is 0. The molecule has 0 saturated heterocycles. The Bertz CT molecular complexity index is 272. The molecule has 2 heteroatoms. The van der Waals surface area contributed by atoms with Gasteiger partial charge in [-0.05, 0) is 50.2 Å². The summed E-state index contributed by atoms with van der Waals surface area (Å²) in [6.45, 7) is 15.2. The van der Waals surface area contributed by atoms with Crippen molar-refractivity contribution < 1.29 is 0 Å². The number of hydrogen-bond acceptors (Lipinski definition) is 0. The molecule has 0 aromatic carbocycles. The van der Waals surface area contributed by atoms with Gasteiger partial charge < -0.3 is 4.48 Å². The summed E-state index contributed by atoms with van der Waals surface area (Å²) in [5.41, 5.74) is 5.52. The Morgan fingerprint density at radius 1 is 1.00 bits per heavy atom. The van der Waals surface area contributed by atoms with Gasteiger partial charge >= 0.3 is 0 Å². The molecule has 0 bridgehead atoms. The van der Waals surface area contributed by atoms with Crippen LogP contribution in [-0.4, -0.2) is 11.3 Å². The van der Waals surface area contributed by atoms with Crippen molar-refractivity contribution in [1.29, 1.82) is 0 Å². The van der Waals surface area contributed by atoms with Crippen molar-refractivity contribution in [2.75, 3.05) is 0 Å². The minimum Gasteiger partial charge on any atom is -0.504 e. The van der Waals surface area contributed by atoms with Gasteiger partial charge in [-0.3, -0.25) is 0 Å². The topological polar surface area (TPSA) is 4.93 Å². The third-order valence-corrected chi connectivity index (χ3v) is 2.81. The molecule has 1 aromatic rings. The van der Waals surface area contributed by atoms with Crippen molar-refractivity contribution in [2.24, 2.45) is 0 Å². The zero-order valence-electron chi connectivity index (χ0n) is 8.73. The van der Waals surface area contributed by atoms with E-state index in [-0.39, 0.29) is 0 Å². The summed E-state index contributed by atoms with van der Waals surface area (Å²) in [5, 5.41) is 0. The van der Waals surface area contributed by atoms with Crippen molar-refractivity contribution in [1.82, 2.24) is 4.48 Å². The van der Waals surface area contributed by atoms with Crippen molar-refractivity contribution >= 4 is 6.85 Å². The first-order chi connectivity index (χ1) is 5.46. The minimum absolute atomic E-state index is 0.331. The smallest absolute Gasteiger partial charge is 0.213 e. The Morgan fingerprint density at radius 2 is 1.33 bits per heavy atom. The van der Waals surface area contributed by atoms with Crippen LogP contribution >= 0.6 is 0 Å². The van der Waals surface area contributed by atoms with Gasteiger partial charge in [-0.2, -0.15) is 0 Å². The highest BCUT2D eigenvalue weighted by atomic mass is 14.9. The first-order valence-electron chi connectivity index (χ1n) is 4.44. The highest BCUT2D eigenvalue weighted by Gasteiger charge is 2.10. The first kappa shape index (κ1) is 9.30. The van der Waals surface area contributed by atoms with Crippen molar-refractivity contribution in [2.45, 2.75) is 34.5 Å². The van der Waals surface area contributed by atoms with Gasteiger partial charge in [-0.15, -0.1) is 13.6 Å². The van der Waals surface area contributed by atoms with E-state index < -0.39 is 0 Å². The van der Waals surface area contributed by atoms with Gasteiger partial charge in [-0.1, -0.05) is 0 Å². The standard InChI is InChI=1S/C10H17BN/c1-7-8(2)10(4)12(9(7)3)11(5)6/h5H2,1-4,6H3. The lowest BCUT2D eigenvalue weighted by molar-refractivity contribution is 1.04. The summed E-state index contributed by atoms with van der Waals surface area (Å²) in [5.74, 6) is 0. The van der Waals surface area contributed by atoms with Crippen molar-refractivity contribution in [3.63, 3.8) is 0 Å². The highest BCUT2D eigenvalue weighted by Crippen LogP contribution is 2.20. The Hall–Kier alpha value is -0.785. The SMILES string of the molecule is [CH2+][B-](C)n1c(C)c(C)c(C)c1C. The minimum atomic E-state index is 0.331. The van der Waals surface area contributed by atoms with E-state index in [2.05, 4.69) is 45.8 Å². The molecule has 0 aliphatic carbocycles. The van der Waals surface area contributed by atoms with Gasteiger partial charge in [-0.25, -0.2) is 0 Å². The van der Waals surface area contributed by atoms with Crippen LogP contribution in [0.25, 0.3) is 0 Å². The van der Waals surface area contributed by atoms with Crippen LogP contribution in [0.4, 0.5) is 0 Å². The zero-order chi connectivity index (χ0) is 9.46. The fourth-order valence-corrected chi connectivity index (χ4v) is 1.82. The molecule has 0 aliphatic heterocycles. The Morgan fingerprint density at radius 3 is 1.50 bits per heavy atom. The number of hydrogen-bond donors (Lipinski definition) is 0. The Kier molecular flexibility index (Phi) is 2.27. The predicted octanol–water partition coefficient (Wildman–Crippen LogP) is 2.56. The second kappa shape index (κ2) is 2.93. The van der Waals surface area contributed by atoms with E-state index in [1.165, 1.54) is 22.5 Å². The molecule has 1 rings (SSSR count). The lowest BCUT2D eigenvalue weighted by Crippen LogP contribution is -2.19. The Balaban J connectivity index is 3.38. The van der Waals surface area contributed by atoms with E-state index >= 15 is 0 Å². The van der Waals surface area contributed by atoms with Gasteiger partial charge in [0.15, 0.2) is 0 Å². The van der Waals surface area contributed by atoms with Crippen LogP contribution in [0.2, 0.25) is 6.82 Å². The molecule has 0 fully saturated rings. The summed E-state index contributed by atoms with van der Waals surface area (Å²) in [6, 6.07) is 0. The number of aromatic nitrogens is 1. The molecule has 1 heterocycles. The van der Waals surface area contributed by atoms with Crippen LogP contribution in [0.15, 0.2) is 0 Å². The van der Waals surface area contributed by atoms with Crippen LogP contribution < -0.4 is 0 Å². The number of rotatable bonds is 1. The largest absolute Gasteiger partial charge is 0.504 e. The third-order valence-electron chi connectivity index (χ3n) is 2.81. The molecular formula is C10H17BN. The molecule has 1 nitrogen and oxygen atoms in total. The lowest BCUT2D eigenvalue weighted by atomic mass is 9.67. The average molecular weight is 162 g/mol. The maximum absolute atomic E-state index is 4.05. The van der Waals surface area contributed by atoms with E-state index in [4.69, 9.17) is 0 Å². The summed E-state index contributed by atoms with van der Waals surface area (Å²) in [4.78, 5) is 0. The van der Waals surface area contributed by atoms with E-state index in [1.54, 1.807) is 0 Å². The second-order valence-corrected chi connectivity index (χ2v) is 3.64. The molecule has 12 heavy (non-hydrogen) atoms. The summed E-state index contributed by atoms with van der Waals surface area (Å²) >= 11 is 0. The average Bonchev–Trinajstić information content (AvgIpc) is 2.16. The fraction of sp³-hybridized carbons (Fsp3) is 0.500. The van der Waals surface area contributed by atoms with E-state index in [9.17, 15) is 0 Å². The van der Waals surface area contributed by atoms with Crippen LogP contribution in [0.3, 0.4) is 0 Å². The monoisotopic (exact) mass is 162 g/mol. The molecule has 65 valence electrons. The van der Waals surface area contributed by atoms with Gasteiger partial charge in [0.2, 0.25) is 6.85 Å². The molecule has 1 aromatic heterocycles. The van der Waals surface area contributed by atoms with Crippen molar-refractivity contribution in [3.8, 4) is 0 Å². The predicted molar refractivity (Wildman–Crippen MR) is 55.8 cm³/mol. The summed E-state index contributed by atoms with van der Waals surface area (Å²) in [7, 11) is 0. The molecule has 0 saturated carbocycles.